The quantitative estimate of drug-likeness (QED) is 0.776. The van der Waals surface area contributed by atoms with Crippen LogP contribution in [0.2, 0.25) is 0 Å². The van der Waals surface area contributed by atoms with Gasteiger partial charge in [0.15, 0.2) is 0 Å². The van der Waals surface area contributed by atoms with E-state index in [1.807, 2.05) is 0 Å². The second kappa shape index (κ2) is 5.58. The van der Waals surface area contributed by atoms with Gasteiger partial charge < -0.3 is 9.47 Å². The van der Waals surface area contributed by atoms with Crippen LogP contribution in [0.3, 0.4) is 0 Å². The van der Waals surface area contributed by atoms with Crippen molar-refractivity contribution in [3.05, 3.63) is 35.5 Å². The van der Waals surface area contributed by atoms with E-state index < -0.39 is 11.7 Å². The summed E-state index contributed by atoms with van der Waals surface area (Å²) < 4.78 is 40.2. The molecule has 1 fully saturated rings. The van der Waals surface area contributed by atoms with Crippen LogP contribution in [0.15, 0.2) is 24.3 Å². The first-order chi connectivity index (χ1) is 10.8. The Bertz CT molecular complexity index is 748. The topological polar surface area (TPSA) is 25.2 Å². The van der Waals surface area contributed by atoms with E-state index in [9.17, 15) is 18.0 Å². The van der Waals surface area contributed by atoms with Crippen LogP contribution in [0, 0.1) is 5.92 Å². The van der Waals surface area contributed by atoms with Crippen LogP contribution in [0.1, 0.15) is 35.8 Å². The van der Waals surface area contributed by atoms with Crippen molar-refractivity contribution in [2.24, 2.45) is 13.0 Å². The molecule has 2 aromatic rings. The van der Waals surface area contributed by atoms with E-state index >= 15 is 0 Å². The van der Waals surface area contributed by atoms with Crippen molar-refractivity contribution < 1.29 is 18.0 Å². The molecule has 0 bridgehead atoms. The zero-order chi connectivity index (χ0) is 16.8. The van der Waals surface area contributed by atoms with E-state index in [-0.39, 0.29) is 5.91 Å². The molecule has 1 atom stereocenters. The van der Waals surface area contributed by atoms with Crippen LogP contribution >= 0.6 is 0 Å². The molecule has 2 heterocycles. The van der Waals surface area contributed by atoms with Gasteiger partial charge in [-0.05, 0) is 43.0 Å². The molecule has 1 amide bonds. The van der Waals surface area contributed by atoms with E-state index in [4.69, 9.17) is 0 Å². The number of carbonyl (C=O) groups excluding carboxylic acids is 1. The van der Waals surface area contributed by atoms with E-state index in [0.29, 0.717) is 35.6 Å². The molecule has 3 rings (SSSR count). The summed E-state index contributed by atoms with van der Waals surface area (Å²) in [7, 11) is 1.72. The minimum absolute atomic E-state index is 0.108. The van der Waals surface area contributed by atoms with Crippen molar-refractivity contribution in [1.82, 2.24) is 9.47 Å². The minimum atomic E-state index is -4.38. The normalized spacial score (nSPS) is 19.3. The number of aromatic nitrogens is 1. The van der Waals surface area contributed by atoms with Gasteiger partial charge in [-0.2, -0.15) is 13.2 Å². The number of benzene rings is 1. The number of rotatable bonds is 1. The number of hydrogen-bond acceptors (Lipinski definition) is 1. The Morgan fingerprint density at radius 1 is 1.26 bits per heavy atom. The van der Waals surface area contributed by atoms with Crippen LogP contribution in [0.4, 0.5) is 13.2 Å². The summed E-state index contributed by atoms with van der Waals surface area (Å²) in [5.74, 6) is 0.350. The maximum Gasteiger partial charge on any atom is 0.416 e. The average Bonchev–Trinajstić information content (AvgIpc) is 2.82. The molecule has 0 radical (unpaired) electrons. The van der Waals surface area contributed by atoms with Crippen molar-refractivity contribution in [2.45, 2.75) is 25.9 Å². The van der Waals surface area contributed by atoms with E-state index in [1.165, 1.54) is 6.07 Å². The standard InChI is InChI=1S/C17H19F3N2O/c1-11-4-3-7-22(10-11)16(23)15-9-12-8-13(17(18,19)20)5-6-14(12)21(15)2/h5-6,8-9,11H,3-4,7,10H2,1-2H3. The smallest absolute Gasteiger partial charge is 0.340 e. The molecule has 1 aliphatic heterocycles. The van der Waals surface area contributed by atoms with Crippen LogP contribution in [0.25, 0.3) is 10.9 Å². The molecule has 124 valence electrons. The third kappa shape index (κ3) is 2.94. The molecular weight excluding hydrogens is 305 g/mol. The Labute approximate surface area is 132 Å². The Kier molecular flexibility index (Phi) is 3.86. The highest BCUT2D eigenvalue weighted by molar-refractivity contribution is 5.99. The summed E-state index contributed by atoms with van der Waals surface area (Å²) in [6.45, 7) is 3.52. The molecule has 23 heavy (non-hydrogen) atoms. The third-order valence-corrected chi connectivity index (χ3v) is 4.53. The second-order valence-corrected chi connectivity index (χ2v) is 6.36. The first-order valence-electron chi connectivity index (χ1n) is 7.73. The number of fused-ring (bicyclic) bond motifs is 1. The van der Waals surface area contributed by atoms with Crippen molar-refractivity contribution >= 4 is 16.8 Å². The molecule has 1 unspecified atom stereocenters. The lowest BCUT2D eigenvalue weighted by atomic mass is 10.00. The van der Waals surface area contributed by atoms with Crippen LogP contribution in [-0.4, -0.2) is 28.5 Å². The first kappa shape index (κ1) is 15.9. The summed E-state index contributed by atoms with van der Waals surface area (Å²) in [4.78, 5) is 14.5. The van der Waals surface area contributed by atoms with Crippen molar-refractivity contribution in [3.8, 4) is 0 Å². The van der Waals surface area contributed by atoms with Gasteiger partial charge in [-0.3, -0.25) is 4.79 Å². The number of nitrogens with zero attached hydrogens (tertiary/aromatic N) is 2. The minimum Gasteiger partial charge on any atom is -0.340 e. The van der Waals surface area contributed by atoms with Crippen LogP contribution < -0.4 is 0 Å². The fourth-order valence-electron chi connectivity index (χ4n) is 3.27. The molecule has 0 saturated carbocycles. The highest BCUT2D eigenvalue weighted by atomic mass is 19.4. The Morgan fingerprint density at radius 2 is 2.00 bits per heavy atom. The van der Waals surface area contributed by atoms with Gasteiger partial charge in [0.25, 0.3) is 5.91 Å². The van der Waals surface area contributed by atoms with Gasteiger partial charge in [0.05, 0.1) is 5.56 Å². The maximum absolute atomic E-state index is 12.8. The summed E-state index contributed by atoms with van der Waals surface area (Å²) in [6.07, 6.45) is -2.31. The second-order valence-electron chi connectivity index (χ2n) is 6.36. The van der Waals surface area contributed by atoms with Gasteiger partial charge in [0, 0.05) is 31.0 Å². The van der Waals surface area contributed by atoms with Crippen molar-refractivity contribution in [3.63, 3.8) is 0 Å². The lowest BCUT2D eigenvalue weighted by Crippen LogP contribution is -2.39. The first-order valence-corrected chi connectivity index (χ1v) is 7.73. The maximum atomic E-state index is 12.8. The number of likely N-dealkylation sites (tertiary alicyclic amines) is 1. The SMILES string of the molecule is CC1CCCN(C(=O)c2cc3cc(C(F)(F)F)ccc3n2C)C1. The average molecular weight is 324 g/mol. The van der Waals surface area contributed by atoms with Gasteiger partial charge in [-0.1, -0.05) is 6.92 Å². The number of halogens is 3. The molecular formula is C17H19F3N2O. The van der Waals surface area contributed by atoms with Gasteiger partial charge in [0.1, 0.15) is 5.69 Å². The molecule has 0 N–H and O–H groups in total. The van der Waals surface area contributed by atoms with Crippen molar-refractivity contribution in [1.29, 1.82) is 0 Å². The molecule has 1 aromatic carbocycles. The number of alkyl halides is 3. The Hall–Kier alpha value is -1.98. The predicted molar refractivity (Wildman–Crippen MR) is 82.2 cm³/mol. The number of carbonyl (C=O) groups is 1. The summed E-state index contributed by atoms with van der Waals surface area (Å²) >= 11 is 0. The largest absolute Gasteiger partial charge is 0.416 e. The molecule has 0 spiro atoms. The lowest BCUT2D eigenvalue weighted by molar-refractivity contribution is -0.137. The zero-order valence-corrected chi connectivity index (χ0v) is 13.2. The van der Waals surface area contributed by atoms with Crippen LogP contribution in [-0.2, 0) is 13.2 Å². The van der Waals surface area contributed by atoms with E-state index in [2.05, 4.69) is 6.92 Å². The molecule has 6 heteroatoms. The lowest BCUT2D eigenvalue weighted by Gasteiger charge is -2.31. The van der Waals surface area contributed by atoms with Gasteiger partial charge >= 0.3 is 6.18 Å². The fraction of sp³-hybridized carbons (Fsp3) is 0.471. The number of hydrogen-bond donors (Lipinski definition) is 0. The van der Waals surface area contributed by atoms with Gasteiger partial charge in [-0.15, -0.1) is 0 Å². The fourth-order valence-corrected chi connectivity index (χ4v) is 3.27. The van der Waals surface area contributed by atoms with E-state index in [1.54, 1.807) is 22.6 Å². The number of amides is 1. The highest BCUT2D eigenvalue weighted by Crippen LogP contribution is 2.32. The summed E-state index contributed by atoms with van der Waals surface area (Å²) in [5.41, 5.74) is 0.376. The molecule has 0 aliphatic carbocycles. The van der Waals surface area contributed by atoms with Gasteiger partial charge in [-0.25, -0.2) is 0 Å². The van der Waals surface area contributed by atoms with E-state index in [0.717, 1.165) is 25.0 Å². The molecule has 1 aromatic heterocycles. The monoisotopic (exact) mass is 324 g/mol. The van der Waals surface area contributed by atoms with Crippen molar-refractivity contribution in [2.75, 3.05) is 13.1 Å². The highest BCUT2D eigenvalue weighted by Gasteiger charge is 2.31. The summed E-state index contributed by atoms with van der Waals surface area (Å²) in [6, 6.07) is 5.14. The van der Waals surface area contributed by atoms with Gasteiger partial charge in [0.2, 0.25) is 0 Å². The zero-order valence-electron chi connectivity index (χ0n) is 13.2. The molecule has 3 nitrogen and oxygen atoms in total. The molecule has 1 aliphatic rings. The molecule has 1 saturated heterocycles. The number of aryl methyl sites for hydroxylation is 1. The summed E-state index contributed by atoms with van der Waals surface area (Å²) in [5, 5.41) is 0.440. The Morgan fingerprint density at radius 3 is 2.65 bits per heavy atom. The van der Waals surface area contributed by atoms with Crippen LogP contribution in [0.5, 0.6) is 0 Å². The predicted octanol–water partition coefficient (Wildman–Crippen LogP) is 4.07. The Balaban J connectivity index is 1.98. The third-order valence-electron chi connectivity index (χ3n) is 4.53. The number of piperidine rings is 1.